The quantitative estimate of drug-likeness (QED) is 0.907. The summed E-state index contributed by atoms with van der Waals surface area (Å²) in [6.07, 6.45) is 1.54. The maximum absolute atomic E-state index is 8.93. The van der Waals surface area contributed by atoms with E-state index in [2.05, 4.69) is 21.4 Å². The molecule has 0 spiro atoms. The van der Waals surface area contributed by atoms with Crippen molar-refractivity contribution in [2.45, 2.75) is 0 Å². The van der Waals surface area contributed by atoms with Gasteiger partial charge in [0.2, 0.25) is 0 Å². The molecule has 96 valence electrons. The average molecular weight is 253 g/mol. The Balaban J connectivity index is 2.39. The van der Waals surface area contributed by atoms with Gasteiger partial charge in [0.25, 0.3) is 0 Å². The Kier molecular flexibility index (Phi) is 3.62. The zero-order valence-electron chi connectivity index (χ0n) is 11.2. The average Bonchev–Trinajstić information content (AvgIpc) is 2.46. The number of anilines is 2. The number of rotatable bonds is 3. The third-order valence-electron chi connectivity index (χ3n) is 2.79. The summed E-state index contributed by atoms with van der Waals surface area (Å²) in [4.78, 5) is 10.6. The molecule has 1 aromatic heterocycles. The maximum atomic E-state index is 8.93. The summed E-state index contributed by atoms with van der Waals surface area (Å²) in [6, 6.07) is 10.0. The summed E-state index contributed by atoms with van der Waals surface area (Å²) in [5.74, 6) is 1.15. The zero-order chi connectivity index (χ0) is 13.8. The van der Waals surface area contributed by atoms with E-state index in [4.69, 9.17) is 5.26 Å². The molecule has 1 aromatic carbocycles. The fraction of sp³-hybridized carbons (Fsp3) is 0.214. The van der Waals surface area contributed by atoms with Crippen molar-refractivity contribution in [3.63, 3.8) is 0 Å². The van der Waals surface area contributed by atoms with Crippen LogP contribution in [0.5, 0.6) is 0 Å². The molecule has 2 rings (SSSR count). The molecule has 5 nitrogen and oxygen atoms in total. The van der Waals surface area contributed by atoms with Crippen LogP contribution in [0.25, 0.3) is 11.4 Å². The molecule has 2 aromatic rings. The van der Waals surface area contributed by atoms with Gasteiger partial charge in [0.15, 0.2) is 5.82 Å². The lowest BCUT2D eigenvalue weighted by atomic mass is 10.2. The number of aromatic nitrogens is 2. The van der Waals surface area contributed by atoms with Crippen LogP contribution in [0.2, 0.25) is 0 Å². The molecule has 0 saturated carbocycles. The molecule has 0 radical (unpaired) electrons. The van der Waals surface area contributed by atoms with Crippen molar-refractivity contribution in [2.24, 2.45) is 0 Å². The Morgan fingerprint density at radius 2 is 1.89 bits per heavy atom. The molecule has 0 atom stereocenters. The molecule has 5 heteroatoms. The standard InChI is InChI=1S/C14H15N5/c1-16-13-11(8-15)9-17-14(18-13)10-4-6-12(7-5-10)19(2)3/h4-7,9H,1-3H3,(H,16,17,18). The Bertz CT molecular complexity index is 611. The van der Waals surface area contributed by atoms with Crippen molar-refractivity contribution in [1.29, 1.82) is 5.26 Å². The minimum atomic E-state index is 0.441. The van der Waals surface area contributed by atoms with Gasteiger partial charge in [0.05, 0.1) is 6.20 Å². The SMILES string of the molecule is CNc1nc(-c2ccc(N(C)C)cc2)ncc1C#N. The van der Waals surface area contributed by atoms with Crippen LogP contribution in [0.4, 0.5) is 11.5 Å². The number of nitriles is 1. The Hall–Kier alpha value is -2.61. The first-order valence-corrected chi connectivity index (χ1v) is 5.88. The first kappa shape index (κ1) is 12.8. The highest BCUT2D eigenvalue weighted by molar-refractivity contribution is 5.63. The van der Waals surface area contributed by atoms with Crippen molar-refractivity contribution in [1.82, 2.24) is 9.97 Å². The normalized spacial score (nSPS) is 9.79. The van der Waals surface area contributed by atoms with Gasteiger partial charge in [-0.15, -0.1) is 0 Å². The molecule has 0 fully saturated rings. The van der Waals surface area contributed by atoms with Crippen LogP contribution in [0.3, 0.4) is 0 Å². The van der Waals surface area contributed by atoms with Gasteiger partial charge in [0.1, 0.15) is 17.5 Å². The molecule has 1 heterocycles. The van der Waals surface area contributed by atoms with Crippen molar-refractivity contribution in [2.75, 3.05) is 31.4 Å². The van der Waals surface area contributed by atoms with Gasteiger partial charge in [-0.25, -0.2) is 9.97 Å². The van der Waals surface area contributed by atoms with Gasteiger partial charge < -0.3 is 10.2 Å². The molecule has 0 aliphatic carbocycles. The van der Waals surface area contributed by atoms with Crippen molar-refractivity contribution < 1.29 is 0 Å². The summed E-state index contributed by atoms with van der Waals surface area (Å²) >= 11 is 0. The van der Waals surface area contributed by atoms with Crippen molar-refractivity contribution >= 4 is 11.5 Å². The van der Waals surface area contributed by atoms with Gasteiger partial charge in [0, 0.05) is 32.4 Å². The Labute approximate surface area is 112 Å². The molecule has 1 N–H and O–H groups in total. The van der Waals surface area contributed by atoms with Crippen LogP contribution in [0.15, 0.2) is 30.5 Å². The number of nitrogens with zero attached hydrogens (tertiary/aromatic N) is 4. The molecule has 0 unspecified atom stereocenters. The topological polar surface area (TPSA) is 64.8 Å². The van der Waals surface area contributed by atoms with E-state index in [-0.39, 0.29) is 0 Å². The molecular formula is C14H15N5. The van der Waals surface area contributed by atoms with Crippen LogP contribution in [0, 0.1) is 11.3 Å². The molecule has 19 heavy (non-hydrogen) atoms. The molecule has 0 saturated heterocycles. The monoisotopic (exact) mass is 253 g/mol. The van der Waals surface area contributed by atoms with Crippen molar-refractivity contribution in [3.05, 3.63) is 36.0 Å². The van der Waals surface area contributed by atoms with Gasteiger partial charge >= 0.3 is 0 Å². The first-order chi connectivity index (χ1) is 9.15. The van der Waals surface area contributed by atoms with E-state index in [1.165, 1.54) is 6.20 Å². The lowest BCUT2D eigenvalue weighted by Crippen LogP contribution is -2.08. The van der Waals surface area contributed by atoms with E-state index in [0.29, 0.717) is 17.2 Å². The lowest BCUT2D eigenvalue weighted by Gasteiger charge is -2.12. The predicted molar refractivity (Wildman–Crippen MR) is 76.1 cm³/mol. The van der Waals surface area contributed by atoms with Crippen molar-refractivity contribution in [3.8, 4) is 17.5 Å². The lowest BCUT2D eigenvalue weighted by molar-refractivity contribution is 1.13. The molecule has 0 bridgehead atoms. The van der Waals surface area contributed by atoms with Gasteiger partial charge in [-0.2, -0.15) is 5.26 Å². The van der Waals surface area contributed by atoms with Gasteiger partial charge in [-0.05, 0) is 24.3 Å². The molecule has 0 aliphatic rings. The largest absolute Gasteiger partial charge is 0.378 e. The summed E-state index contributed by atoms with van der Waals surface area (Å²) in [5.41, 5.74) is 2.48. The fourth-order valence-corrected chi connectivity index (χ4v) is 1.70. The Morgan fingerprint density at radius 3 is 2.42 bits per heavy atom. The third kappa shape index (κ3) is 2.63. The van der Waals surface area contributed by atoms with Crippen LogP contribution in [0.1, 0.15) is 5.56 Å². The predicted octanol–water partition coefficient (Wildman–Crippen LogP) is 2.12. The van der Waals surface area contributed by atoms with Crippen LogP contribution >= 0.6 is 0 Å². The van der Waals surface area contributed by atoms with Gasteiger partial charge in [-0.1, -0.05) is 0 Å². The van der Waals surface area contributed by atoms with Gasteiger partial charge in [-0.3, -0.25) is 0 Å². The molecule has 0 aliphatic heterocycles. The van der Waals surface area contributed by atoms with E-state index in [1.54, 1.807) is 7.05 Å². The summed E-state index contributed by atoms with van der Waals surface area (Å²) in [6.45, 7) is 0. The van der Waals surface area contributed by atoms with E-state index in [0.717, 1.165) is 11.3 Å². The first-order valence-electron chi connectivity index (χ1n) is 5.88. The van der Waals surface area contributed by atoms with Crippen LogP contribution in [-0.2, 0) is 0 Å². The van der Waals surface area contributed by atoms with E-state index in [9.17, 15) is 0 Å². The second-order valence-corrected chi connectivity index (χ2v) is 4.26. The second-order valence-electron chi connectivity index (χ2n) is 4.26. The summed E-state index contributed by atoms with van der Waals surface area (Å²) < 4.78 is 0. The third-order valence-corrected chi connectivity index (χ3v) is 2.79. The highest BCUT2D eigenvalue weighted by Gasteiger charge is 2.07. The maximum Gasteiger partial charge on any atom is 0.161 e. The number of benzene rings is 1. The number of hydrogen-bond acceptors (Lipinski definition) is 5. The van der Waals surface area contributed by atoms with E-state index < -0.39 is 0 Å². The minimum Gasteiger partial charge on any atom is -0.378 e. The van der Waals surface area contributed by atoms with Crippen LogP contribution < -0.4 is 10.2 Å². The number of nitrogens with one attached hydrogen (secondary N) is 1. The minimum absolute atomic E-state index is 0.441. The summed E-state index contributed by atoms with van der Waals surface area (Å²) in [7, 11) is 5.72. The van der Waals surface area contributed by atoms with Crippen LogP contribution in [-0.4, -0.2) is 31.1 Å². The van der Waals surface area contributed by atoms with E-state index >= 15 is 0 Å². The number of hydrogen-bond donors (Lipinski definition) is 1. The molecule has 0 amide bonds. The smallest absolute Gasteiger partial charge is 0.161 e. The zero-order valence-corrected chi connectivity index (χ0v) is 11.2. The highest BCUT2D eigenvalue weighted by Crippen LogP contribution is 2.21. The highest BCUT2D eigenvalue weighted by atomic mass is 15.1. The summed E-state index contributed by atoms with van der Waals surface area (Å²) in [5, 5.41) is 11.8. The Morgan fingerprint density at radius 1 is 1.21 bits per heavy atom. The second kappa shape index (κ2) is 5.36. The fourth-order valence-electron chi connectivity index (χ4n) is 1.70. The van der Waals surface area contributed by atoms with E-state index in [1.807, 2.05) is 43.3 Å². The molecular weight excluding hydrogens is 238 g/mol.